The van der Waals surface area contributed by atoms with Gasteiger partial charge in [-0.25, -0.2) is 4.98 Å². The topological polar surface area (TPSA) is 84.7 Å². The normalized spacial score (nSPS) is 11.2. The molecule has 1 heterocycles. The van der Waals surface area contributed by atoms with Crippen LogP contribution in [0.5, 0.6) is 5.75 Å². The van der Waals surface area contributed by atoms with Crippen molar-refractivity contribution >= 4 is 23.2 Å². The summed E-state index contributed by atoms with van der Waals surface area (Å²) in [6.07, 6.45) is 0. The van der Waals surface area contributed by atoms with Gasteiger partial charge in [0.25, 0.3) is 5.91 Å². The van der Waals surface area contributed by atoms with Gasteiger partial charge >= 0.3 is 0 Å². The monoisotopic (exact) mass is 497 g/mol. The number of rotatable bonds is 6. The molecular formula is C30H31N3O4. The second-order valence-electron chi connectivity index (χ2n) is 9.84. The molecule has 0 bridgehead atoms. The lowest BCUT2D eigenvalue weighted by atomic mass is 9.87. The number of hydrogen-bond acceptors (Lipinski definition) is 5. The highest BCUT2D eigenvalue weighted by molar-refractivity contribution is 6.08. The summed E-state index contributed by atoms with van der Waals surface area (Å²) in [7, 11) is 3.29. The van der Waals surface area contributed by atoms with Crippen LogP contribution in [0.1, 0.15) is 43.7 Å². The van der Waals surface area contributed by atoms with E-state index in [1.807, 2.05) is 36.4 Å². The van der Waals surface area contributed by atoms with Gasteiger partial charge in [-0.3, -0.25) is 9.59 Å². The van der Waals surface area contributed by atoms with Crippen molar-refractivity contribution in [1.82, 2.24) is 4.98 Å². The van der Waals surface area contributed by atoms with Crippen molar-refractivity contribution in [3.8, 4) is 28.5 Å². The molecule has 0 spiro atoms. The maximum Gasteiger partial charge on any atom is 0.280 e. The summed E-state index contributed by atoms with van der Waals surface area (Å²) in [5, 5.41) is 2.75. The molecule has 7 heteroatoms. The number of ether oxygens (including phenoxy) is 1. The third-order valence-corrected chi connectivity index (χ3v) is 6.06. The van der Waals surface area contributed by atoms with E-state index >= 15 is 0 Å². The van der Waals surface area contributed by atoms with Crippen LogP contribution in [0, 0.1) is 0 Å². The Morgan fingerprint density at radius 1 is 0.892 bits per heavy atom. The van der Waals surface area contributed by atoms with Gasteiger partial charge in [-0.1, -0.05) is 32.9 Å². The summed E-state index contributed by atoms with van der Waals surface area (Å²) in [6.45, 7) is 7.91. The van der Waals surface area contributed by atoms with Crippen LogP contribution in [0.15, 0.2) is 77.2 Å². The summed E-state index contributed by atoms with van der Waals surface area (Å²) in [5.74, 6) is 0.937. The Bertz CT molecular complexity index is 1400. The molecular weight excluding hydrogens is 466 g/mol. The highest BCUT2D eigenvalue weighted by Gasteiger charge is 2.26. The summed E-state index contributed by atoms with van der Waals surface area (Å²) < 4.78 is 11.4. The molecule has 0 radical (unpaired) electrons. The van der Waals surface area contributed by atoms with Crippen molar-refractivity contribution in [1.29, 1.82) is 0 Å². The Morgan fingerprint density at radius 2 is 1.49 bits per heavy atom. The molecule has 0 unspecified atom stereocenters. The number of aromatic nitrogens is 1. The van der Waals surface area contributed by atoms with Crippen LogP contribution in [0.2, 0.25) is 0 Å². The first-order valence-corrected chi connectivity index (χ1v) is 12.0. The highest BCUT2D eigenvalue weighted by Crippen LogP contribution is 2.33. The number of oxazole rings is 1. The number of hydrogen-bond donors (Lipinski definition) is 1. The number of benzene rings is 3. The molecule has 0 fully saturated rings. The zero-order chi connectivity index (χ0) is 26.7. The minimum Gasteiger partial charge on any atom is -0.497 e. The second-order valence-corrected chi connectivity index (χ2v) is 9.84. The van der Waals surface area contributed by atoms with Gasteiger partial charge in [0.1, 0.15) is 5.75 Å². The maximum atomic E-state index is 13.7. The molecule has 1 aromatic heterocycles. The average Bonchev–Trinajstić information content (AvgIpc) is 3.33. The Labute approximate surface area is 217 Å². The van der Waals surface area contributed by atoms with Crippen molar-refractivity contribution < 1.29 is 18.7 Å². The number of nitrogens with one attached hydrogen (secondary N) is 1. The Hall–Kier alpha value is -4.39. The molecule has 4 aromatic rings. The molecule has 190 valence electrons. The van der Waals surface area contributed by atoms with Crippen LogP contribution in [-0.2, 0) is 10.2 Å². The molecule has 2 amide bonds. The predicted molar refractivity (Wildman–Crippen MR) is 146 cm³/mol. The van der Waals surface area contributed by atoms with E-state index in [1.165, 1.54) is 17.4 Å². The van der Waals surface area contributed by atoms with Crippen LogP contribution in [0.4, 0.5) is 11.4 Å². The quantitative estimate of drug-likeness (QED) is 0.327. The fourth-order valence-corrected chi connectivity index (χ4v) is 3.89. The van der Waals surface area contributed by atoms with Gasteiger partial charge in [0, 0.05) is 36.5 Å². The van der Waals surface area contributed by atoms with Crippen LogP contribution < -0.4 is 15.0 Å². The van der Waals surface area contributed by atoms with Crippen LogP contribution in [0.3, 0.4) is 0 Å². The molecule has 0 aliphatic rings. The molecule has 37 heavy (non-hydrogen) atoms. The van der Waals surface area contributed by atoms with Crippen molar-refractivity contribution in [3.05, 3.63) is 84.1 Å². The zero-order valence-electron chi connectivity index (χ0n) is 22.0. The van der Waals surface area contributed by atoms with E-state index in [0.29, 0.717) is 34.3 Å². The SMILES string of the molecule is COc1ccc(N(C)C(=O)c2nc(-c3ccc(C(C)(C)C)cc3)oc2-c2ccc(NC(C)=O)cc2)cc1. The van der Waals surface area contributed by atoms with Crippen molar-refractivity contribution in [2.24, 2.45) is 0 Å². The summed E-state index contributed by atoms with van der Waals surface area (Å²) >= 11 is 0. The van der Waals surface area contributed by atoms with Gasteiger partial charge in [-0.05, 0) is 71.6 Å². The number of nitrogens with zero attached hydrogens (tertiary/aromatic N) is 2. The first kappa shape index (κ1) is 25.7. The first-order chi connectivity index (χ1) is 17.6. The Kier molecular flexibility index (Phi) is 7.16. The van der Waals surface area contributed by atoms with Gasteiger partial charge < -0.3 is 19.4 Å². The lowest BCUT2D eigenvalue weighted by Crippen LogP contribution is -2.27. The highest BCUT2D eigenvalue weighted by atomic mass is 16.5. The summed E-state index contributed by atoms with van der Waals surface area (Å²) in [4.78, 5) is 31.2. The zero-order valence-corrected chi connectivity index (χ0v) is 22.0. The van der Waals surface area contributed by atoms with Crippen LogP contribution in [-0.4, -0.2) is 31.0 Å². The lowest BCUT2D eigenvalue weighted by molar-refractivity contribution is -0.114. The van der Waals surface area contributed by atoms with E-state index in [4.69, 9.17) is 9.15 Å². The Balaban J connectivity index is 1.75. The molecule has 0 saturated heterocycles. The number of amides is 2. The molecule has 7 nitrogen and oxygen atoms in total. The predicted octanol–water partition coefficient (Wildman–Crippen LogP) is 6.55. The smallest absolute Gasteiger partial charge is 0.280 e. The lowest BCUT2D eigenvalue weighted by Gasteiger charge is -2.18. The summed E-state index contributed by atoms with van der Waals surface area (Å²) in [6, 6.07) is 22.3. The number of carbonyl (C=O) groups is 2. The fourth-order valence-electron chi connectivity index (χ4n) is 3.89. The molecule has 1 N–H and O–H groups in total. The van der Waals surface area contributed by atoms with Crippen LogP contribution >= 0.6 is 0 Å². The van der Waals surface area contributed by atoms with Crippen molar-refractivity contribution in [2.45, 2.75) is 33.1 Å². The largest absolute Gasteiger partial charge is 0.497 e. The number of anilines is 2. The van der Waals surface area contributed by atoms with E-state index in [1.54, 1.807) is 50.6 Å². The molecule has 0 aliphatic heterocycles. The van der Waals surface area contributed by atoms with E-state index in [9.17, 15) is 9.59 Å². The maximum absolute atomic E-state index is 13.7. The second kappa shape index (κ2) is 10.3. The molecule has 0 atom stereocenters. The van der Waals surface area contributed by atoms with E-state index in [-0.39, 0.29) is 22.9 Å². The minimum atomic E-state index is -0.313. The molecule has 0 saturated carbocycles. The van der Waals surface area contributed by atoms with Crippen molar-refractivity contribution in [2.75, 3.05) is 24.4 Å². The van der Waals surface area contributed by atoms with E-state index in [0.717, 1.165) is 5.56 Å². The van der Waals surface area contributed by atoms with Gasteiger partial charge in [0.15, 0.2) is 11.5 Å². The average molecular weight is 498 g/mol. The third kappa shape index (κ3) is 5.72. The third-order valence-electron chi connectivity index (χ3n) is 6.06. The van der Waals surface area contributed by atoms with Gasteiger partial charge in [0.2, 0.25) is 11.8 Å². The van der Waals surface area contributed by atoms with E-state index in [2.05, 4.69) is 31.1 Å². The fraction of sp³-hybridized carbons (Fsp3) is 0.233. The Morgan fingerprint density at radius 3 is 2.03 bits per heavy atom. The number of carbonyl (C=O) groups excluding carboxylic acids is 2. The summed E-state index contributed by atoms with van der Waals surface area (Å²) in [5.41, 5.74) is 4.18. The molecule has 4 rings (SSSR count). The molecule has 3 aromatic carbocycles. The van der Waals surface area contributed by atoms with Gasteiger partial charge in [-0.2, -0.15) is 0 Å². The minimum absolute atomic E-state index is 0.0120. The first-order valence-electron chi connectivity index (χ1n) is 12.0. The standard InChI is InChI=1S/C30H31N3O4/c1-19(34)31-23-13-9-20(10-14-23)27-26(29(35)33(5)24-15-17-25(36-6)18-16-24)32-28(37-27)21-7-11-22(12-8-21)30(2,3)4/h7-18H,1-6H3,(H,31,34). The van der Waals surface area contributed by atoms with Crippen molar-refractivity contribution in [3.63, 3.8) is 0 Å². The molecule has 0 aliphatic carbocycles. The van der Waals surface area contributed by atoms with Crippen LogP contribution in [0.25, 0.3) is 22.8 Å². The van der Waals surface area contributed by atoms with Gasteiger partial charge in [0.05, 0.1) is 7.11 Å². The van der Waals surface area contributed by atoms with Gasteiger partial charge in [-0.15, -0.1) is 0 Å². The number of methoxy groups -OCH3 is 1. The van der Waals surface area contributed by atoms with E-state index < -0.39 is 0 Å².